The van der Waals surface area contributed by atoms with Crippen LogP contribution in [-0.4, -0.2) is 13.1 Å². The molecule has 0 aliphatic rings. The zero-order valence-corrected chi connectivity index (χ0v) is 10.00. The average Bonchev–Trinajstić information content (AvgIpc) is 2.25. The first kappa shape index (κ1) is 12.5. The molecule has 1 aromatic rings. The van der Waals surface area contributed by atoms with Gasteiger partial charge in [0.15, 0.2) is 0 Å². The number of benzene rings is 1. The second kappa shape index (κ2) is 5.50. The van der Waals surface area contributed by atoms with Gasteiger partial charge in [0.25, 0.3) is 0 Å². The Bertz CT molecular complexity index is 393. The van der Waals surface area contributed by atoms with E-state index in [1.165, 1.54) is 12.1 Å². The molecule has 0 fully saturated rings. The Morgan fingerprint density at radius 1 is 1.44 bits per heavy atom. The van der Waals surface area contributed by atoms with Crippen LogP contribution in [0.4, 0.5) is 10.1 Å². The van der Waals surface area contributed by atoms with E-state index in [2.05, 4.69) is 18.7 Å². The number of nitriles is 1. The lowest BCUT2D eigenvalue weighted by molar-refractivity contribution is 0.607. The minimum atomic E-state index is -0.442. The highest BCUT2D eigenvalue weighted by atomic mass is 19.1. The van der Waals surface area contributed by atoms with Crippen LogP contribution in [0.25, 0.3) is 0 Å². The monoisotopic (exact) mass is 220 g/mol. The molecule has 0 aliphatic carbocycles. The molecule has 1 aromatic carbocycles. The number of anilines is 1. The van der Waals surface area contributed by atoms with E-state index in [4.69, 9.17) is 5.26 Å². The standard InChI is InChI=1S/C13H17FN2/c1-4-16(9-10(2)3)12-6-5-11(8-15)13(14)7-12/h5-7,10H,4,9H2,1-3H3. The Balaban J connectivity index is 2.94. The van der Waals surface area contributed by atoms with Crippen molar-refractivity contribution in [2.24, 2.45) is 5.92 Å². The molecule has 0 amide bonds. The maximum absolute atomic E-state index is 13.4. The highest BCUT2D eigenvalue weighted by Crippen LogP contribution is 2.19. The first-order chi connectivity index (χ1) is 7.58. The van der Waals surface area contributed by atoms with Crippen molar-refractivity contribution in [1.82, 2.24) is 0 Å². The summed E-state index contributed by atoms with van der Waals surface area (Å²) in [5.41, 5.74) is 0.942. The van der Waals surface area contributed by atoms with Gasteiger partial charge in [-0.05, 0) is 31.0 Å². The number of halogens is 1. The van der Waals surface area contributed by atoms with Crippen LogP contribution in [0.3, 0.4) is 0 Å². The van der Waals surface area contributed by atoms with E-state index in [9.17, 15) is 4.39 Å². The molecule has 0 unspecified atom stereocenters. The fourth-order valence-electron chi connectivity index (χ4n) is 1.65. The number of hydrogen-bond donors (Lipinski definition) is 0. The Morgan fingerprint density at radius 2 is 2.12 bits per heavy atom. The molecule has 3 heteroatoms. The zero-order chi connectivity index (χ0) is 12.1. The molecule has 0 spiro atoms. The van der Waals surface area contributed by atoms with Crippen LogP contribution in [0.1, 0.15) is 26.3 Å². The first-order valence-corrected chi connectivity index (χ1v) is 5.53. The lowest BCUT2D eigenvalue weighted by Crippen LogP contribution is -2.27. The van der Waals surface area contributed by atoms with Gasteiger partial charge in [-0.25, -0.2) is 4.39 Å². The molecule has 0 atom stereocenters. The summed E-state index contributed by atoms with van der Waals surface area (Å²) in [6.45, 7) is 8.02. The van der Waals surface area contributed by atoms with E-state index in [-0.39, 0.29) is 5.56 Å². The Kier molecular flexibility index (Phi) is 4.30. The third-order valence-corrected chi connectivity index (χ3v) is 2.41. The van der Waals surface area contributed by atoms with E-state index in [0.717, 1.165) is 18.8 Å². The van der Waals surface area contributed by atoms with Crippen LogP contribution in [0.15, 0.2) is 18.2 Å². The molecule has 0 heterocycles. The van der Waals surface area contributed by atoms with Gasteiger partial charge in [-0.2, -0.15) is 5.26 Å². The van der Waals surface area contributed by atoms with Gasteiger partial charge in [0.2, 0.25) is 0 Å². The van der Waals surface area contributed by atoms with E-state index >= 15 is 0 Å². The minimum Gasteiger partial charge on any atom is -0.371 e. The molecular weight excluding hydrogens is 203 g/mol. The third-order valence-electron chi connectivity index (χ3n) is 2.41. The summed E-state index contributed by atoms with van der Waals surface area (Å²) in [7, 11) is 0. The minimum absolute atomic E-state index is 0.101. The van der Waals surface area contributed by atoms with Crippen LogP contribution in [0, 0.1) is 23.1 Å². The van der Waals surface area contributed by atoms with Crippen molar-refractivity contribution in [3.05, 3.63) is 29.6 Å². The molecule has 0 aliphatic heterocycles. The van der Waals surface area contributed by atoms with E-state index < -0.39 is 5.82 Å². The quantitative estimate of drug-likeness (QED) is 0.779. The summed E-state index contributed by atoms with van der Waals surface area (Å²) in [4.78, 5) is 2.11. The Morgan fingerprint density at radius 3 is 2.56 bits per heavy atom. The van der Waals surface area contributed by atoms with E-state index in [0.29, 0.717) is 5.92 Å². The van der Waals surface area contributed by atoms with Crippen molar-refractivity contribution in [3.63, 3.8) is 0 Å². The van der Waals surface area contributed by atoms with E-state index in [1.54, 1.807) is 6.07 Å². The molecule has 0 saturated carbocycles. The summed E-state index contributed by atoms with van der Waals surface area (Å²) in [5, 5.41) is 8.65. The highest BCUT2D eigenvalue weighted by Gasteiger charge is 2.09. The van der Waals surface area contributed by atoms with Crippen molar-refractivity contribution >= 4 is 5.69 Å². The molecule has 1 rings (SSSR count). The molecule has 2 nitrogen and oxygen atoms in total. The summed E-state index contributed by atoms with van der Waals surface area (Å²) in [5.74, 6) is 0.0841. The summed E-state index contributed by atoms with van der Waals surface area (Å²) >= 11 is 0. The average molecular weight is 220 g/mol. The fourth-order valence-corrected chi connectivity index (χ4v) is 1.65. The Hall–Kier alpha value is -1.56. The van der Waals surface area contributed by atoms with Gasteiger partial charge < -0.3 is 4.90 Å². The van der Waals surface area contributed by atoms with Crippen LogP contribution in [-0.2, 0) is 0 Å². The van der Waals surface area contributed by atoms with Crippen molar-refractivity contribution in [2.75, 3.05) is 18.0 Å². The van der Waals surface area contributed by atoms with Gasteiger partial charge >= 0.3 is 0 Å². The van der Waals surface area contributed by atoms with Gasteiger partial charge in [-0.15, -0.1) is 0 Å². The van der Waals surface area contributed by atoms with Crippen LogP contribution in [0.2, 0.25) is 0 Å². The molecule has 0 saturated heterocycles. The van der Waals surface area contributed by atoms with Gasteiger partial charge in [0.05, 0.1) is 5.56 Å². The smallest absolute Gasteiger partial charge is 0.143 e. The third kappa shape index (κ3) is 2.96. The molecular formula is C13H17FN2. The fraction of sp³-hybridized carbons (Fsp3) is 0.462. The van der Waals surface area contributed by atoms with Crippen molar-refractivity contribution < 1.29 is 4.39 Å². The predicted molar refractivity (Wildman–Crippen MR) is 63.8 cm³/mol. The largest absolute Gasteiger partial charge is 0.371 e. The second-order valence-electron chi connectivity index (χ2n) is 4.21. The van der Waals surface area contributed by atoms with Crippen LogP contribution >= 0.6 is 0 Å². The highest BCUT2D eigenvalue weighted by molar-refractivity contribution is 5.50. The van der Waals surface area contributed by atoms with Gasteiger partial charge in [0, 0.05) is 18.8 Å². The zero-order valence-electron chi connectivity index (χ0n) is 10.00. The molecule has 86 valence electrons. The SMILES string of the molecule is CCN(CC(C)C)c1ccc(C#N)c(F)c1. The Labute approximate surface area is 96.3 Å². The van der Waals surface area contributed by atoms with E-state index in [1.807, 2.05) is 13.0 Å². The lowest BCUT2D eigenvalue weighted by Gasteiger charge is -2.25. The number of hydrogen-bond acceptors (Lipinski definition) is 2. The van der Waals surface area contributed by atoms with Crippen molar-refractivity contribution in [3.8, 4) is 6.07 Å². The maximum atomic E-state index is 13.4. The van der Waals surface area contributed by atoms with Gasteiger partial charge in [-0.3, -0.25) is 0 Å². The van der Waals surface area contributed by atoms with Gasteiger partial charge in [0.1, 0.15) is 11.9 Å². The number of nitrogens with zero attached hydrogens (tertiary/aromatic N) is 2. The second-order valence-corrected chi connectivity index (χ2v) is 4.21. The molecule has 0 radical (unpaired) electrons. The van der Waals surface area contributed by atoms with Crippen molar-refractivity contribution in [1.29, 1.82) is 5.26 Å². The molecule has 0 aromatic heterocycles. The summed E-state index contributed by atoms with van der Waals surface area (Å²) in [6.07, 6.45) is 0. The lowest BCUT2D eigenvalue weighted by atomic mass is 10.1. The molecule has 16 heavy (non-hydrogen) atoms. The topological polar surface area (TPSA) is 27.0 Å². The predicted octanol–water partition coefficient (Wildman–Crippen LogP) is 3.18. The van der Waals surface area contributed by atoms with Crippen LogP contribution in [0.5, 0.6) is 0 Å². The van der Waals surface area contributed by atoms with Crippen molar-refractivity contribution in [2.45, 2.75) is 20.8 Å². The molecule has 0 bridgehead atoms. The molecule has 0 N–H and O–H groups in total. The summed E-state index contributed by atoms with van der Waals surface area (Å²) in [6, 6.07) is 6.60. The van der Waals surface area contributed by atoms with Gasteiger partial charge in [-0.1, -0.05) is 13.8 Å². The first-order valence-electron chi connectivity index (χ1n) is 5.53. The normalized spacial score (nSPS) is 10.2. The number of rotatable bonds is 4. The maximum Gasteiger partial charge on any atom is 0.143 e. The summed E-state index contributed by atoms with van der Waals surface area (Å²) < 4.78 is 13.4. The van der Waals surface area contributed by atoms with Crippen LogP contribution < -0.4 is 4.90 Å².